The molecule has 2 N–H and O–H groups in total. The number of benzene rings is 1. The lowest BCUT2D eigenvalue weighted by molar-refractivity contribution is 0.415. The van der Waals surface area contributed by atoms with Crippen molar-refractivity contribution in [2.75, 3.05) is 7.11 Å². The highest BCUT2D eigenvalue weighted by atomic mass is 16.5. The van der Waals surface area contributed by atoms with E-state index >= 15 is 0 Å². The molecule has 1 aromatic carbocycles. The van der Waals surface area contributed by atoms with Crippen molar-refractivity contribution in [2.24, 2.45) is 5.73 Å². The number of hydrogen-bond donors (Lipinski definition) is 1. The van der Waals surface area contributed by atoms with Crippen LogP contribution in [0.15, 0.2) is 29.8 Å². The lowest BCUT2D eigenvalue weighted by Gasteiger charge is -2.06. The van der Waals surface area contributed by atoms with Gasteiger partial charge < -0.3 is 10.5 Å². The first-order valence-corrected chi connectivity index (χ1v) is 5.26. The molecule has 0 aliphatic rings. The zero-order chi connectivity index (χ0) is 12.0. The van der Waals surface area contributed by atoms with Crippen molar-refractivity contribution in [2.45, 2.75) is 19.8 Å². The Bertz CT molecular complexity index is 413. The average molecular weight is 216 g/mol. The summed E-state index contributed by atoms with van der Waals surface area (Å²) in [4.78, 5) is 0. The van der Waals surface area contributed by atoms with Gasteiger partial charge in [0.25, 0.3) is 0 Å². The molecule has 0 amide bonds. The van der Waals surface area contributed by atoms with E-state index in [4.69, 9.17) is 15.7 Å². The molecular weight excluding hydrogens is 200 g/mol. The maximum atomic E-state index is 8.98. The van der Waals surface area contributed by atoms with Gasteiger partial charge in [0.2, 0.25) is 0 Å². The van der Waals surface area contributed by atoms with Crippen molar-refractivity contribution in [1.82, 2.24) is 0 Å². The minimum absolute atomic E-state index is 0.562. The molecule has 0 atom stereocenters. The minimum Gasteiger partial charge on any atom is -0.497 e. The summed E-state index contributed by atoms with van der Waals surface area (Å²) in [7, 11) is 1.62. The van der Waals surface area contributed by atoms with E-state index in [1.54, 1.807) is 7.11 Å². The molecule has 0 saturated heterocycles. The van der Waals surface area contributed by atoms with Crippen LogP contribution >= 0.6 is 0 Å². The number of methoxy groups -OCH3 is 1. The Morgan fingerprint density at radius 3 is 2.44 bits per heavy atom. The number of nitrogens with zero attached hydrogens (tertiary/aromatic N) is 1. The smallest absolute Gasteiger partial charge is 0.118 e. The monoisotopic (exact) mass is 216 g/mol. The fourth-order valence-electron chi connectivity index (χ4n) is 1.45. The van der Waals surface area contributed by atoms with Crippen LogP contribution in [-0.4, -0.2) is 7.11 Å². The van der Waals surface area contributed by atoms with Crippen LogP contribution in [-0.2, 0) is 0 Å². The molecule has 0 fully saturated rings. The first kappa shape index (κ1) is 12.1. The van der Waals surface area contributed by atoms with Crippen LogP contribution in [0.4, 0.5) is 0 Å². The molecular formula is C13H16N2O. The summed E-state index contributed by atoms with van der Waals surface area (Å²) in [5, 5.41) is 8.98. The van der Waals surface area contributed by atoms with Gasteiger partial charge in [0.1, 0.15) is 5.75 Å². The van der Waals surface area contributed by atoms with Gasteiger partial charge in [0.15, 0.2) is 0 Å². The Kier molecular flexibility index (Phi) is 4.41. The number of ether oxygens (including phenoxy) is 1. The van der Waals surface area contributed by atoms with E-state index < -0.39 is 0 Å². The van der Waals surface area contributed by atoms with Crippen LogP contribution in [0.25, 0.3) is 5.70 Å². The normalized spacial score (nSPS) is 11.6. The van der Waals surface area contributed by atoms with Crippen LogP contribution in [0.1, 0.15) is 25.3 Å². The second-order valence-corrected chi connectivity index (χ2v) is 3.48. The maximum Gasteiger partial charge on any atom is 0.118 e. The first-order chi connectivity index (χ1) is 7.72. The largest absolute Gasteiger partial charge is 0.497 e. The highest BCUT2D eigenvalue weighted by molar-refractivity contribution is 5.69. The van der Waals surface area contributed by atoms with E-state index in [2.05, 4.69) is 6.07 Å². The standard InChI is InChI=1S/C13H16N2O/c1-3-4-11(9-14)13(15)10-5-7-12(16-2)8-6-10/h5-8H,3-4,15H2,1-2H3/b13-11-. The molecule has 16 heavy (non-hydrogen) atoms. The summed E-state index contributed by atoms with van der Waals surface area (Å²) in [5.74, 6) is 0.783. The Morgan fingerprint density at radius 2 is 2.00 bits per heavy atom. The molecule has 0 bridgehead atoms. The average Bonchev–Trinajstić information content (AvgIpc) is 2.35. The van der Waals surface area contributed by atoms with Gasteiger partial charge in [-0.05, 0) is 36.2 Å². The van der Waals surface area contributed by atoms with E-state index in [1.807, 2.05) is 31.2 Å². The molecule has 0 radical (unpaired) electrons. The number of nitriles is 1. The van der Waals surface area contributed by atoms with Gasteiger partial charge in [-0.2, -0.15) is 5.26 Å². The molecule has 84 valence electrons. The van der Waals surface area contributed by atoms with Gasteiger partial charge in [-0.1, -0.05) is 13.3 Å². The van der Waals surface area contributed by atoms with E-state index in [1.165, 1.54) is 0 Å². The second kappa shape index (κ2) is 5.82. The van der Waals surface area contributed by atoms with E-state index in [0.717, 1.165) is 17.7 Å². The maximum absolute atomic E-state index is 8.98. The van der Waals surface area contributed by atoms with Gasteiger partial charge >= 0.3 is 0 Å². The van der Waals surface area contributed by atoms with E-state index in [-0.39, 0.29) is 0 Å². The molecule has 3 heteroatoms. The quantitative estimate of drug-likeness (QED) is 0.787. The molecule has 0 aliphatic carbocycles. The summed E-state index contributed by atoms with van der Waals surface area (Å²) in [6, 6.07) is 9.55. The van der Waals surface area contributed by atoms with Crippen LogP contribution in [0.2, 0.25) is 0 Å². The molecule has 0 saturated carbocycles. The van der Waals surface area contributed by atoms with Crippen LogP contribution < -0.4 is 10.5 Å². The summed E-state index contributed by atoms with van der Waals surface area (Å²) >= 11 is 0. The number of rotatable bonds is 4. The Morgan fingerprint density at radius 1 is 1.38 bits per heavy atom. The van der Waals surface area contributed by atoms with Gasteiger partial charge in [0, 0.05) is 0 Å². The third-order valence-corrected chi connectivity index (χ3v) is 2.36. The van der Waals surface area contributed by atoms with Crippen molar-refractivity contribution < 1.29 is 4.74 Å². The van der Waals surface area contributed by atoms with Crippen molar-refractivity contribution in [3.8, 4) is 11.8 Å². The molecule has 1 aromatic rings. The SMILES string of the molecule is CCC/C(C#N)=C(/N)c1ccc(OC)cc1. The lowest BCUT2D eigenvalue weighted by Crippen LogP contribution is -2.01. The summed E-state index contributed by atoms with van der Waals surface area (Å²) in [5.41, 5.74) is 8.02. The summed E-state index contributed by atoms with van der Waals surface area (Å²) < 4.78 is 5.06. The second-order valence-electron chi connectivity index (χ2n) is 3.48. The number of allylic oxidation sites excluding steroid dienone is 1. The molecule has 0 aromatic heterocycles. The Hall–Kier alpha value is -1.95. The summed E-state index contributed by atoms with van der Waals surface area (Å²) in [6.07, 6.45) is 1.63. The topological polar surface area (TPSA) is 59.0 Å². The predicted octanol–water partition coefficient (Wildman–Crippen LogP) is 2.69. The first-order valence-electron chi connectivity index (χ1n) is 5.26. The third-order valence-electron chi connectivity index (χ3n) is 2.36. The molecule has 3 nitrogen and oxygen atoms in total. The summed E-state index contributed by atoms with van der Waals surface area (Å²) in [6.45, 7) is 2.03. The van der Waals surface area contributed by atoms with Crippen LogP contribution in [0.3, 0.4) is 0 Å². The zero-order valence-electron chi connectivity index (χ0n) is 9.66. The Labute approximate surface area is 96.1 Å². The van der Waals surface area contributed by atoms with Crippen LogP contribution in [0, 0.1) is 11.3 Å². The fraction of sp³-hybridized carbons (Fsp3) is 0.308. The molecule has 0 unspecified atom stereocenters. The molecule has 1 rings (SSSR count). The zero-order valence-corrected chi connectivity index (χ0v) is 9.66. The van der Waals surface area contributed by atoms with Gasteiger partial charge in [0.05, 0.1) is 24.4 Å². The number of hydrogen-bond acceptors (Lipinski definition) is 3. The van der Waals surface area contributed by atoms with E-state index in [0.29, 0.717) is 17.7 Å². The van der Waals surface area contributed by atoms with Crippen molar-refractivity contribution in [1.29, 1.82) is 5.26 Å². The van der Waals surface area contributed by atoms with Crippen LogP contribution in [0.5, 0.6) is 5.75 Å². The fourth-order valence-corrected chi connectivity index (χ4v) is 1.45. The van der Waals surface area contributed by atoms with Gasteiger partial charge in [-0.3, -0.25) is 0 Å². The van der Waals surface area contributed by atoms with Gasteiger partial charge in [-0.15, -0.1) is 0 Å². The van der Waals surface area contributed by atoms with Crippen molar-refractivity contribution in [3.63, 3.8) is 0 Å². The van der Waals surface area contributed by atoms with E-state index in [9.17, 15) is 0 Å². The highest BCUT2D eigenvalue weighted by Gasteiger charge is 2.04. The number of nitrogens with two attached hydrogens (primary N) is 1. The van der Waals surface area contributed by atoms with Gasteiger partial charge in [-0.25, -0.2) is 0 Å². The third kappa shape index (κ3) is 2.77. The molecule has 0 spiro atoms. The molecule has 0 aliphatic heterocycles. The minimum atomic E-state index is 0.562. The predicted molar refractivity (Wildman–Crippen MR) is 64.6 cm³/mol. The van der Waals surface area contributed by atoms with Crippen molar-refractivity contribution in [3.05, 3.63) is 35.4 Å². The van der Waals surface area contributed by atoms with Crippen molar-refractivity contribution >= 4 is 5.70 Å². The highest BCUT2D eigenvalue weighted by Crippen LogP contribution is 2.19. The molecule has 0 heterocycles. The lowest BCUT2D eigenvalue weighted by atomic mass is 10.0. The Balaban J connectivity index is 3.03.